The number of methoxy groups -OCH3 is 4. The van der Waals surface area contributed by atoms with Gasteiger partial charge in [-0.1, -0.05) is 12.1 Å². The van der Waals surface area contributed by atoms with Crippen LogP contribution in [0.1, 0.15) is 5.56 Å². The number of nitrogens with zero attached hydrogens (tertiary/aromatic N) is 1. The van der Waals surface area contributed by atoms with Gasteiger partial charge >= 0.3 is 0 Å². The third-order valence-electron chi connectivity index (χ3n) is 4.77. The summed E-state index contributed by atoms with van der Waals surface area (Å²) in [5, 5.41) is 3.07. The molecule has 0 unspecified atom stereocenters. The smallest absolute Gasteiger partial charge is 0.278 e. The molecule has 0 spiro atoms. The molecular formula is C23H24N2O6. The van der Waals surface area contributed by atoms with E-state index in [1.807, 2.05) is 0 Å². The molecule has 0 saturated carbocycles. The highest BCUT2D eigenvalue weighted by molar-refractivity contribution is 6.36. The number of carbonyl (C=O) groups excluding carboxylic acids is 2. The molecule has 0 aromatic heterocycles. The zero-order valence-electron chi connectivity index (χ0n) is 17.9. The summed E-state index contributed by atoms with van der Waals surface area (Å²) in [4.78, 5) is 27.4. The lowest BCUT2D eigenvalue weighted by atomic mass is 10.0. The van der Waals surface area contributed by atoms with Gasteiger partial charge in [-0.2, -0.15) is 0 Å². The summed E-state index contributed by atoms with van der Waals surface area (Å²) < 4.78 is 21.2. The number of anilines is 1. The van der Waals surface area contributed by atoms with Crippen LogP contribution in [0.2, 0.25) is 0 Å². The number of hydrogen-bond donors (Lipinski definition) is 1. The third-order valence-corrected chi connectivity index (χ3v) is 4.77. The van der Waals surface area contributed by atoms with Crippen molar-refractivity contribution in [2.75, 3.05) is 40.3 Å². The lowest BCUT2D eigenvalue weighted by molar-refractivity contribution is -0.136. The van der Waals surface area contributed by atoms with E-state index >= 15 is 0 Å². The minimum absolute atomic E-state index is 0.0844. The number of ether oxygens (including phenoxy) is 4. The number of carbonyl (C=O) groups is 2. The van der Waals surface area contributed by atoms with Crippen molar-refractivity contribution in [3.8, 4) is 23.0 Å². The van der Waals surface area contributed by atoms with Gasteiger partial charge in [0.05, 0.1) is 34.0 Å². The molecule has 0 radical (unpaired) electrons. The van der Waals surface area contributed by atoms with Crippen LogP contribution in [0.3, 0.4) is 0 Å². The van der Waals surface area contributed by atoms with Gasteiger partial charge in [-0.15, -0.1) is 6.58 Å². The van der Waals surface area contributed by atoms with Crippen molar-refractivity contribution in [3.63, 3.8) is 0 Å². The second-order valence-corrected chi connectivity index (χ2v) is 6.56. The summed E-state index contributed by atoms with van der Waals surface area (Å²) in [5.74, 6) is 1.13. The molecule has 1 N–H and O–H groups in total. The molecule has 1 heterocycles. The Balaban J connectivity index is 2.14. The van der Waals surface area contributed by atoms with Crippen molar-refractivity contribution in [3.05, 3.63) is 60.3 Å². The molecule has 1 aliphatic rings. The van der Waals surface area contributed by atoms with Gasteiger partial charge in [-0.05, 0) is 17.7 Å². The van der Waals surface area contributed by atoms with Crippen LogP contribution in [0.4, 0.5) is 5.69 Å². The summed E-state index contributed by atoms with van der Waals surface area (Å²) in [6.07, 6.45) is 1.50. The number of benzene rings is 2. The van der Waals surface area contributed by atoms with Crippen molar-refractivity contribution in [1.82, 2.24) is 4.90 Å². The van der Waals surface area contributed by atoms with Crippen molar-refractivity contribution in [2.45, 2.75) is 0 Å². The van der Waals surface area contributed by atoms with Crippen LogP contribution in [0, 0.1) is 0 Å². The molecule has 2 aromatic rings. The Morgan fingerprint density at radius 1 is 0.871 bits per heavy atom. The number of nitrogens with one attached hydrogen (secondary N) is 1. The number of rotatable bonds is 9. The fourth-order valence-corrected chi connectivity index (χ4v) is 3.27. The monoisotopic (exact) mass is 424 g/mol. The summed E-state index contributed by atoms with van der Waals surface area (Å²) in [6, 6.07) is 10.2. The predicted molar refractivity (Wildman–Crippen MR) is 117 cm³/mol. The SMILES string of the molecule is C=CCN1C(=O)C(Nc2cc(OC)cc(OC)c2)=C(c2ccc(OC)c(OC)c2)C1=O. The Kier molecular flexibility index (Phi) is 6.49. The molecule has 0 aliphatic carbocycles. The molecule has 0 bridgehead atoms. The predicted octanol–water partition coefficient (Wildman–Crippen LogP) is 3.10. The fourth-order valence-electron chi connectivity index (χ4n) is 3.27. The number of imide groups is 1. The van der Waals surface area contributed by atoms with E-state index in [-0.39, 0.29) is 17.8 Å². The van der Waals surface area contributed by atoms with Crippen LogP contribution < -0.4 is 24.3 Å². The summed E-state index contributed by atoms with van der Waals surface area (Å²) in [5.41, 5.74) is 1.40. The maximum atomic E-state index is 13.1. The molecule has 162 valence electrons. The summed E-state index contributed by atoms with van der Waals surface area (Å²) >= 11 is 0. The Morgan fingerprint density at radius 3 is 2.06 bits per heavy atom. The first-order valence-electron chi connectivity index (χ1n) is 9.41. The van der Waals surface area contributed by atoms with Crippen LogP contribution in [-0.4, -0.2) is 51.7 Å². The molecule has 3 rings (SSSR count). The molecule has 0 saturated heterocycles. The van der Waals surface area contributed by atoms with E-state index < -0.39 is 11.8 Å². The van der Waals surface area contributed by atoms with Gasteiger partial charge < -0.3 is 24.3 Å². The Bertz CT molecular complexity index is 1040. The second-order valence-electron chi connectivity index (χ2n) is 6.56. The molecule has 1 aliphatic heterocycles. The molecule has 0 atom stereocenters. The zero-order valence-corrected chi connectivity index (χ0v) is 17.9. The maximum Gasteiger partial charge on any atom is 0.278 e. The van der Waals surface area contributed by atoms with Crippen LogP contribution in [0.15, 0.2) is 54.8 Å². The van der Waals surface area contributed by atoms with Gasteiger partial charge in [0.25, 0.3) is 11.8 Å². The van der Waals surface area contributed by atoms with E-state index in [0.29, 0.717) is 34.2 Å². The fraction of sp³-hybridized carbons (Fsp3) is 0.217. The minimum atomic E-state index is -0.462. The Labute approximate surface area is 180 Å². The van der Waals surface area contributed by atoms with Gasteiger partial charge in [0.15, 0.2) is 11.5 Å². The van der Waals surface area contributed by atoms with E-state index in [9.17, 15) is 9.59 Å². The van der Waals surface area contributed by atoms with Crippen LogP contribution in [0.5, 0.6) is 23.0 Å². The number of hydrogen-bond acceptors (Lipinski definition) is 7. The van der Waals surface area contributed by atoms with E-state index in [1.165, 1.54) is 34.5 Å². The molecule has 0 fully saturated rings. The largest absolute Gasteiger partial charge is 0.497 e. The van der Waals surface area contributed by atoms with E-state index in [2.05, 4.69) is 11.9 Å². The van der Waals surface area contributed by atoms with E-state index in [4.69, 9.17) is 18.9 Å². The zero-order chi connectivity index (χ0) is 22.5. The van der Waals surface area contributed by atoms with Crippen LogP contribution in [-0.2, 0) is 9.59 Å². The number of amides is 2. The van der Waals surface area contributed by atoms with Gasteiger partial charge in [-0.3, -0.25) is 14.5 Å². The van der Waals surface area contributed by atoms with Gasteiger partial charge in [-0.25, -0.2) is 0 Å². The van der Waals surface area contributed by atoms with Crippen molar-refractivity contribution in [1.29, 1.82) is 0 Å². The van der Waals surface area contributed by atoms with Crippen molar-refractivity contribution in [2.24, 2.45) is 0 Å². The molecular weight excluding hydrogens is 400 g/mol. The van der Waals surface area contributed by atoms with E-state index in [1.54, 1.807) is 36.4 Å². The van der Waals surface area contributed by atoms with Crippen molar-refractivity contribution >= 4 is 23.1 Å². The molecule has 8 nitrogen and oxygen atoms in total. The lowest BCUT2D eigenvalue weighted by Gasteiger charge is -2.13. The molecule has 8 heteroatoms. The highest BCUT2D eigenvalue weighted by Gasteiger charge is 2.39. The van der Waals surface area contributed by atoms with Gasteiger partial charge in [0.2, 0.25) is 0 Å². The minimum Gasteiger partial charge on any atom is -0.497 e. The Morgan fingerprint density at radius 2 is 1.52 bits per heavy atom. The first-order chi connectivity index (χ1) is 15.0. The average Bonchev–Trinajstić information content (AvgIpc) is 3.02. The quantitative estimate of drug-likeness (QED) is 0.489. The third kappa shape index (κ3) is 4.18. The van der Waals surface area contributed by atoms with Gasteiger partial charge in [0, 0.05) is 30.4 Å². The second kappa shape index (κ2) is 9.25. The first-order valence-corrected chi connectivity index (χ1v) is 9.41. The highest BCUT2D eigenvalue weighted by Crippen LogP contribution is 2.36. The first kappa shape index (κ1) is 21.8. The average molecular weight is 424 g/mol. The highest BCUT2D eigenvalue weighted by atomic mass is 16.5. The van der Waals surface area contributed by atoms with E-state index in [0.717, 1.165) is 4.90 Å². The van der Waals surface area contributed by atoms with Gasteiger partial charge in [0.1, 0.15) is 17.2 Å². The summed E-state index contributed by atoms with van der Waals surface area (Å²) in [7, 11) is 6.09. The standard InChI is InChI=1S/C23H24N2O6/c1-6-9-25-22(26)20(14-7-8-18(30-4)19(10-14)31-5)21(23(25)27)24-15-11-16(28-2)13-17(12-15)29-3/h6-8,10-13,24H,1,9H2,2-5H3. The molecule has 2 aromatic carbocycles. The normalized spacial score (nSPS) is 13.4. The topological polar surface area (TPSA) is 86.3 Å². The lowest BCUT2D eigenvalue weighted by Crippen LogP contribution is -2.32. The Hall–Kier alpha value is -3.94. The molecule has 31 heavy (non-hydrogen) atoms. The van der Waals surface area contributed by atoms with Crippen molar-refractivity contribution < 1.29 is 28.5 Å². The maximum absolute atomic E-state index is 13.1. The molecule has 2 amide bonds. The van der Waals surface area contributed by atoms with Crippen LogP contribution >= 0.6 is 0 Å². The summed E-state index contributed by atoms with van der Waals surface area (Å²) in [6.45, 7) is 3.73. The van der Waals surface area contributed by atoms with Crippen LogP contribution in [0.25, 0.3) is 5.57 Å².